The van der Waals surface area contributed by atoms with Crippen LogP contribution in [0.1, 0.15) is 29.9 Å². The normalized spacial score (nSPS) is 13.6. The molecular weight excluding hydrogens is 348 g/mol. The van der Waals surface area contributed by atoms with Crippen molar-refractivity contribution in [2.24, 2.45) is 0 Å². The van der Waals surface area contributed by atoms with Crippen LogP contribution in [0, 0.1) is 6.92 Å². The minimum Gasteiger partial charge on any atom is -0.339 e. The van der Waals surface area contributed by atoms with E-state index < -0.39 is 0 Å². The molecule has 5 heteroatoms. The molecule has 1 aliphatic rings. The van der Waals surface area contributed by atoms with Gasteiger partial charge in [-0.1, -0.05) is 24.3 Å². The highest BCUT2D eigenvalue weighted by molar-refractivity contribution is 5.92. The van der Waals surface area contributed by atoms with E-state index in [1.54, 1.807) is 17.0 Å². The quantitative estimate of drug-likeness (QED) is 0.567. The number of nitrogens with zero attached hydrogens (tertiary/aromatic N) is 3. The molecule has 1 fully saturated rings. The fourth-order valence-electron chi connectivity index (χ4n) is 3.63. The number of benzene rings is 2. The molecule has 5 rings (SSSR count). The van der Waals surface area contributed by atoms with Crippen molar-refractivity contribution >= 4 is 22.4 Å². The predicted molar refractivity (Wildman–Crippen MR) is 112 cm³/mol. The molecule has 138 valence electrons. The Kier molecular flexibility index (Phi) is 3.93. The molecular formula is C23H20N4O. The van der Waals surface area contributed by atoms with Crippen molar-refractivity contribution < 1.29 is 0 Å². The van der Waals surface area contributed by atoms with Crippen LogP contribution in [-0.2, 0) is 0 Å². The summed E-state index contributed by atoms with van der Waals surface area (Å²) in [5, 5.41) is 4.20. The van der Waals surface area contributed by atoms with Gasteiger partial charge in [0.1, 0.15) is 5.82 Å². The van der Waals surface area contributed by atoms with Crippen LogP contribution >= 0.6 is 0 Å². The molecule has 0 unspecified atom stereocenters. The van der Waals surface area contributed by atoms with E-state index in [0.717, 1.165) is 27.8 Å². The van der Waals surface area contributed by atoms with Crippen molar-refractivity contribution in [2.75, 3.05) is 5.32 Å². The third-order valence-electron chi connectivity index (χ3n) is 5.26. The van der Waals surface area contributed by atoms with Gasteiger partial charge in [0, 0.05) is 23.5 Å². The lowest BCUT2D eigenvalue weighted by molar-refractivity contribution is 0.951. The second-order valence-electron chi connectivity index (χ2n) is 7.28. The molecule has 0 spiro atoms. The highest BCUT2D eigenvalue weighted by atomic mass is 16.1. The van der Waals surface area contributed by atoms with Gasteiger partial charge in [-0.05, 0) is 67.1 Å². The summed E-state index contributed by atoms with van der Waals surface area (Å²) in [5.74, 6) is 1.17. The van der Waals surface area contributed by atoms with E-state index in [4.69, 9.17) is 0 Å². The van der Waals surface area contributed by atoms with E-state index >= 15 is 0 Å². The lowest BCUT2D eigenvalue weighted by atomic mass is 10.1. The molecule has 0 bridgehead atoms. The first-order chi connectivity index (χ1) is 13.7. The maximum absolute atomic E-state index is 13.1. The van der Waals surface area contributed by atoms with Gasteiger partial charge in [0.2, 0.25) is 0 Å². The van der Waals surface area contributed by atoms with E-state index in [9.17, 15) is 4.79 Å². The molecule has 2 heterocycles. The molecule has 0 amide bonds. The van der Waals surface area contributed by atoms with Crippen molar-refractivity contribution in [3.05, 3.63) is 88.6 Å². The molecule has 2 aromatic carbocycles. The fourth-order valence-corrected chi connectivity index (χ4v) is 3.63. The predicted octanol–water partition coefficient (Wildman–Crippen LogP) is 4.71. The minimum absolute atomic E-state index is 0.286. The molecule has 0 atom stereocenters. The highest BCUT2D eigenvalue weighted by Crippen LogP contribution is 2.41. The van der Waals surface area contributed by atoms with Gasteiger partial charge in [-0.2, -0.15) is 4.98 Å². The minimum atomic E-state index is -0.286. The van der Waals surface area contributed by atoms with Crippen LogP contribution in [0.25, 0.3) is 16.6 Å². The molecule has 28 heavy (non-hydrogen) atoms. The number of fused-ring (bicyclic) bond motifs is 1. The van der Waals surface area contributed by atoms with E-state index in [2.05, 4.69) is 33.5 Å². The number of aromatic nitrogens is 3. The fraction of sp³-hybridized carbons (Fsp3) is 0.174. The van der Waals surface area contributed by atoms with Crippen LogP contribution < -0.4 is 11.0 Å². The molecule has 2 aromatic heterocycles. The summed E-state index contributed by atoms with van der Waals surface area (Å²) in [6.07, 6.45) is 5.86. The zero-order chi connectivity index (χ0) is 19.1. The average molecular weight is 368 g/mol. The van der Waals surface area contributed by atoms with Crippen molar-refractivity contribution in [3.8, 4) is 5.69 Å². The SMILES string of the molecule is Cc1ccccc1-n1c(=O)nc(Nc2ccncc2)c2ccc(C3CC3)cc21. The Morgan fingerprint density at radius 3 is 2.57 bits per heavy atom. The molecule has 1 saturated carbocycles. The maximum atomic E-state index is 13.1. The number of rotatable bonds is 4. The standard InChI is InChI=1S/C23H20N4O/c1-15-4-2-3-5-20(15)27-21-14-17(16-6-7-16)8-9-19(21)22(26-23(27)28)25-18-10-12-24-13-11-18/h2-5,8-14,16H,6-7H2,1H3,(H,24,25,26,28). The average Bonchev–Trinajstić information content (AvgIpc) is 3.55. The molecule has 1 aliphatic carbocycles. The van der Waals surface area contributed by atoms with Crippen molar-refractivity contribution in [1.29, 1.82) is 0 Å². The summed E-state index contributed by atoms with van der Waals surface area (Å²) >= 11 is 0. The van der Waals surface area contributed by atoms with E-state index in [0.29, 0.717) is 11.7 Å². The first-order valence-electron chi connectivity index (χ1n) is 9.50. The Bertz CT molecular complexity index is 1230. The van der Waals surface area contributed by atoms with Crippen LogP contribution in [0.4, 0.5) is 11.5 Å². The van der Waals surface area contributed by atoms with Crippen LogP contribution in [0.15, 0.2) is 71.8 Å². The molecule has 4 aromatic rings. The summed E-state index contributed by atoms with van der Waals surface area (Å²) in [6, 6.07) is 18.0. The van der Waals surface area contributed by atoms with Crippen molar-refractivity contribution in [3.63, 3.8) is 0 Å². The monoisotopic (exact) mass is 368 g/mol. The number of para-hydroxylation sites is 1. The van der Waals surface area contributed by atoms with E-state index in [1.807, 2.05) is 43.3 Å². The van der Waals surface area contributed by atoms with Gasteiger partial charge in [-0.25, -0.2) is 4.79 Å². The number of pyridine rings is 1. The Labute approximate surface area is 162 Å². The van der Waals surface area contributed by atoms with Crippen LogP contribution in [-0.4, -0.2) is 14.5 Å². The first-order valence-corrected chi connectivity index (χ1v) is 9.50. The Morgan fingerprint density at radius 2 is 1.82 bits per heavy atom. The topological polar surface area (TPSA) is 59.8 Å². The lowest BCUT2D eigenvalue weighted by Crippen LogP contribution is -2.23. The second-order valence-corrected chi connectivity index (χ2v) is 7.28. The molecule has 5 nitrogen and oxygen atoms in total. The van der Waals surface area contributed by atoms with Crippen LogP contribution in [0.2, 0.25) is 0 Å². The van der Waals surface area contributed by atoms with Crippen molar-refractivity contribution in [2.45, 2.75) is 25.7 Å². The van der Waals surface area contributed by atoms with Gasteiger partial charge in [-0.3, -0.25) is 9.55 Å². The van der Waals surface area contributed by atoms with Gasteiger partial charge in [0.05, 0.1) is 11.2 Å². The highest BCUT2D eigenvalue weighted by Gasteiger charge is 2.24. The lowest BCUT2D eigenvalue weighted by Gasteiger charge is -2.16. The number of anilines is 2. The maximum Gasteiger partial charge on any atom is 0.354 e. The molecule has 1 N–H and O–H groups in total. The third-order valence-corrected chi connectivity index (χ3v) is 5.26. The Hall–Kier alpha value is -3.47. The third kappa shape index (κ3) is 2.95. The number of hydrogen-bond donors (Lipinski definition) is 1. The zero-order valence-corrected chi connectivity index (χ0v) is 15.6. The van der Waals surface area contributed by atoms with Gasteiger partial charge >= 0.3 is 5.69 Å². The van der Waals surface area contributed by atoms with Gasteiger partial charge < -0.3 is 5.32 Å². The summed E-state index contributed by atoms with van der Waals surface area (Å²) in [7, 11) is 0. The van der Waals surface area contributed by atoms with E-state index in [-0.39, 0.29) is 5.69 Å². The van der Waals surface area contributed by atoms with Crippen LogP contribution in [0.3, 0.4) is 0 Å². The number of hydrogen-bond acceptors (Lipinski definition) is 4. The summed E-state index contributed by atoms with van der Waals surface area (Å²) in [4.78, 5) is 21.5. The van der Waals surface area contributed by atoms with Gasteiger partial charge in [-0.15, -0.1) is 0 Å². The second kappa shape index (κ2) is 6.60. The smallest absolute Gasteiger partial charge is 0.339 e. The van der Waals surface area contributed by atoms with Crippen molar-refractivity contribution in [1.82, 2.24) is 14.5 Å². The summed E-state index contributed by atoms with van der Waals surface area (Å²) < 4.78 is 1.73. The summed E-state index contributed by atoms with van der Waals surface area (Å²) in [6.45, 7) is 2.02. The number of aryl methyl sites for hydroxylation is 1. The molecule has 0 saturated heterocycles. The Balaban J connectivity index is 1.77. The van der Waals surface area contributed by atoms with Gasteiger partial charge in [0.25, 0.3) is 0 Å². The first kappa shape index (κ1) is 16.7. The summed E-state index contributed by atoms with van der Waals surface area (Å²) in [5.41, 5.74) is 4.65. The number of nitrogens with one attached hydrogen (secondary N) is 1. The molecule has 0 radical (unpaired) electrons. The van der Waals surface area contributed by atoms with Gasteiger partial charge in [0.15, 0.2) is 0 Å². The molecule has 0 aliphatic heterocycles. The van der Waals surface area contributed by atoms with Crippen LogP contribution in [0.5, 0.6) is 0 Å². The zero-order valence-electron chi connectivity index (χ0n) is 15.6. The van der Waals surface area contributed by atoms with E-state index in [1.165, 1.54) is 18.4 Å². The largest absolute Gasteiger partial charge is 0.354 e. The Morgan fingerprint density at radius 1 is 1.04 bits per heavy atom.